The van der Waals surface area contributed by atoms with E-state index in [4.69, 9.17) is 26.1 Å². The largest absolute Gasteiger partial charge is 0.378 e. The normalized spacial score (nSPS) is 15.1. The summed E-state index contributed by atoms with van der Waals surface area (Å²) < 4.78 is 13.5. The van der Waals surface area contributed by atoms with Crippen LogP contribution >= 0.6 is 11.6 Å². The van der Waals surface area contributed by atoms with Gasteiger partial charge in [0.25, 0.3) is 0 Å². The van der Waals surface area contributed by atoms with Gasteiger partial charge in [-0.25, -0.2) is 4.98 Å². The highest BCUT2D eigenvalue weighted by atomic mass is 35.5. The lowest BCUT2D eigenvalue weighted by molar-refractivity contribution is 0.0906. The number of hydrogen-bond acceptors (Lipinski definition) is 7. The first-order valence-electron chi connectivity index (χ1n) is 10.2. The molecule has 160 valence electrons. The molecule has 10 heteroatoms. The maximum absolute atomic E-state index is 6.32. The second-order valence-corrected chi connectivity index (χ2v) is 14.5. The van der Waals surface area contributed by atoms with E-state index in [2.05, 4.69) is 39.5 Å². The van der Waals surface area contributed by atoms with Crippen LogP contribution in [0.2, 0.25) is 31.0 Å². The molecule has 0 saturated carbocycles. The number of imidazole rings is 1. The van der Waals surface area contributed by atoms with Gasteiger partial charge in [-0.1, -0.05) is 19.6 Å². The fourth-order valence-corrected chi connectivity index (χ4v) is 4.25. The lowest BCUT2D eigenvalue weighted by Crippen LogP contribution is -2.37. The molecule has 0 N–H and O–H groups in total. The predicted molar refractivity (Wildman–Crippen MR) is 121 cm³/mol. The zero-order valence-electron chi connectivity index (χ0n) is 17.6. The van der Waals surface area contributed by atoms with Crippen LogP contribution in [0.15, 0.2) is 24.5 Å². The maximum atomic E-state index is 6.32. The van der Waals surface area contributed by atoms with Gasteiger partial charge in [-0.05, 0) is 29.8 Å². The summed E-state index contributed by atoms with van der Waals surface area (Å²) in [4.78, 5) is 20.2. The molecule has 0 radical (unpaired) electrons. The molecule has 4 heterocycles. The topological polar surface area (TPSA) is 78.2 Å². The first-order valence-corrected chi connectivity index (χ1v) is 14.3. The van der Waals surface area contributed by atoms with E-state index in [1.54, 1.807) is 12.4 Å². The Bertz CT molecular complexity index is 1000. The van der Waals surface area contributed by atoms with Gasteiger partial charge in [-0.15, -0.1) is 0 Å². The van der Waals surface area contributed by atoms with Gasteiger partial charge in [0.1, 0.15) is 12.6 Å². The number of nitrogens with zero attached hydrogens (tertiary/aromatic N) is 6. The Morgan fingerprint density at radius 2 is 1.83 bits per heavy atom. The van der Waals surface area contributed by atoms with Crippen LogP contribution in [0.3, 0.4) is 0 Å². The maximum Gasteiger partial charge on any atom is 0.226 e. The summed E-state index contributed by atoms with van der Waals surface area (Å²) in [6.45, 7) is 10.9. The second-order valence-electron chi connectivity index (χ2n) is 8.54. The van der Waals surface area contributed by atoms with Crippen molar-refractivity contribution in [2.24, 2.45) is 0 Å². The van der Waals surface area contributed by atoms with E-state index in [0.717, 1.165) is 41.9 Å². The molecule has 4 rings (SSSR count). The van der Waals surface area contributed by atoms with Crippen LogP contribution < -0.4 is 4.90 Å². The second kappa shape index (κ2) is 8.97. The van der Waals surface area contributed by atoms with E-state index in [0.29, 0.717) is 32.2 Å². The predicted octanol–water partition coefficient (Wildman–Crippen LogP) is 3.69. The van der Waals surface area contributed by atoms with Crippen molar-refractivity contribution in [3.05, 3.63) is 29.8 Å². The van der Waals surface area contributed by atoms with Crippen LogP contribution in [0.5, 0.6) is 0 Å². The Hall–Kier alpha value is -2.07. The van der Waals surface area contributed by atoms with E-state index in [9.17, 15) is 0 Å². The van der Waals surface area contributed by atoms with Crippen LogP contribution in [0.4, 0.5) is 5.82 Å². The molecule has 0 amide bonds. The van der Waals surface area contributed by atoms with E-state index >= 15 is 0 Å². The highest BCUT2D eigenvalue weighted by Gasteiger charge is 2.23. The molecular weight excluding hydrogens is 420 g/mol. The number of anilines is 1. The minimum atomic E-state index is -1.17. The minimum Gasteiger partial charge on any atom is -0.378 e. The minimum absolute atomic E-state index is 0.202. The van der Waals surface area contributed by atoms with Gasteiger partial charge in [0.2, 0.25) is 5.28 Å². The van der Waals surface area contributed by atoms with Crippen molar-refractivity contribution in [1.29, 1.82) is 0 Å². The molecule has 0 bridgehead atoms. The Morgan fingerprint density at radius 3 is 2.53 bits per heavy atom. The molecule has 0 unspecified atom stereocenters. The number of aromatic nitrogens is 5. The summed E-state index contributed by atoms with van der Waals surface area (Å²) in [6.07, 6.45) is 3.51. The van der Waals surface area contributed by atoms with Crippen molar-refractivity contribution in [1.82, 2.24) is 24.5 Å². The van der Waals surface area contributed by atoms with Crippen molar-refractivity contribution in [3.8, 4) is 11.4 Å². The first kappa shape index (κ1) is 21.2. The first-order chi connectivity index (χ1) is 14.4. The lowest BCUT2D eigenvalue weighted by Gasteiger charge is -2.27. The van der Waals surface area contributed by atoms with Crippen LogP contribution in [0, 0.1) is 0 Å². The van der Waals surface area contributed by atoms with Crippen LogP contribution in [-0.2, 0) is 16.2 Å². The van der Waals surface area contributed by atoms with Gasteiger partial charge in [-0.2, -0.15) is 9.97 Å². The van der Waals surface area contributed by atoms with Gasteiger partial charge in [-0.3, -0.25) is 9.55 Å². The van der Waals surface area contributed by atoms with Crippen molar-refractivity contribution < 1.29 is 9.47 Å². The van der Waals surface area contributed by atoms with E-state index < -0.39 is 8.07 Å². The molecule has 1 fully saturated rings. The van der Waals surface area contributed by atoms with Crippen molar-refractivity contribution in [3.63, 3.8) is 0 Å². The fraction of sp³-hybridized carbons (Fsp3) is 0.500. The number of pyridine rings is 1. The third-order valence-corrected chi connectivity index (χ3v) is 6.89. The number of hydrogen-bond donors (Lipinski definition) is 0. The van der Waals surface area contributed by atoms with Gasteiger partial charge in [0, 0.05) is 45.7 Å². The lowest BCUT2D eigenvalue weighted by atomic mass is 10.2. The fourth-order valence-electron chi connectivity index (χ4n) is 3.33. The molecule has 0 aromatic carbocycles. The Labute approximate surface area is 182 Å². The average molecular weight is 447 g/mol. The van der Waals surface area contributed by atoms with Crippen molar-refractivity contribution >= 4 is 36.7 Å². The highest BCUT2D eigenvalue weighted by Crippen LogP contribution is 2.30. The summed E-state index contributed by atoms with van der Waals surface area (Å²) in [6, 6.07) is 4.96. The summed E-state index contributed by atoms with van der Waals surface area (Å²) >= 11 is 6.32. The smallest absolute Gasteiger partial charge is 0.226 e. The average Bonchev–Trinajstić information content (AvgIpc) is 3.09. The van der Waals surface area contributed by atoms with Gasteiger partial charge in [0.05, 0.1) is 13.2 Å². The number of rotatable bonds is 7. The van der Waals surface area contributed by atoms with Crippen molar-refractivity contribution in [2.75, 3.05) is 37.8 Å². The van der Waals surface area contributed by atoms with Crippen molar-refractivity contribution in [2.45, 2.75) is 32.4 Å². The third kappa shape index (κ3) is 4.80. The standard InChI is InChI=1S/C20H27ClN6O2Si/c1-30(2,3)13-12-29-14-27-17(15-4-6-22-7-5-15)23-16-18(24-20(21)25-19(16)27)26-8-10-28-11-9-26/h4-7H,8-14H2,1-3H3. The molecule has 8 nitrogen and oxygen atoms in total. The number of fused-ring (bicyclic) bond motifs is 1. The van der Waals surface area contributed by atoms with E-state index in [1.165, 1.54) is 0 Å². The van der Waals surface area contributed by atoms with E-state index in [-0.39, 0.29) is 5.28 Å². The number of ether oxygens (including phenoxy) is 2. The van der Waals surface area contributed by atoms with Gasteiger partial charge in [0.15, 0.2) is 17.0 Å². The summed E-state index contributed by atoms with van der Waals surface area (Å²) in [7, 11) is -1.17. The quantitative estimate of drug-likeness (QED) is 0.311. The number of halogens is 1. The summed E-state index contributed by atoms with van der Waals surface area (Å²) in [5.74, 6) is 1.51. The molecule has 30 heavy (non-hydrogen) atoms. The molecule has 3 aromatic rings. The molecule has 1 saturated heterocycles. The Balaban J connectivity index is 1.75. The zero-order chi connectivity index (χ0) is 21.1. The molecule has 0 spiro atoms. The van der Waals surface area contributed by atoms with Crippen LogP contribution in [-0.4, -0.2) is 65.5 Å². The monoisotopic (exact) mass is 446 g/mol. The molecule has 0 aliphatic carbocycles. The Kier molecular flexibility index (Phi) is 6.33. The number of morpholine rings is 1. The van der Waals surface area contributed by atoms with Gasteiger partial charge < -0.3 is 14.4 Å². The molecule has 3 aromatic heterocycles. The summed E-state index contributed by atoms with van der Waals surface area (Å²) in [5.41, 5.74) is 2.35. The molecule has 1 aliphatic rings. The van der Waals surface area contributed by atoms with E-state index in [1.807, 2.05) is 16.7 Å². The molecule has 1 aliphatic heterocycles. The molecule has 0 atom stereocenters. The van der Waals surface area contributed by atoms with Crippen LogP contribution in [0.1, 0.15) is 0 Å². The highest BCUT2D eigenvalue weighted by molar-refractivity contribution is 6.76. The Morgan fingerprint density at radius 1 is 1.10 bits per heavy atom. The van der Waals surface area contributed by atoms with Crippen LogP contribution in [0.25, 0.3) is 22.6 Å². The zero-order valence-corrected chi connectivity index (χ0v) is 19.4. The SMILES string of the molecule is C[Si](C)(C)CCOCn1c(-c2ccncc2)nc2c(N3CCOCC3)nc(Cl)nc21. The van der Waals surface area contributed by atoms with Gasteiger partial charge >= 0.3 is 0 Å². The summed E-state index contributed by atoms with van der Waals surface area (Å²) in [5, 5.41) is 0.202. The third-order valence-electron chi connectivity index (χ3n) is 5.01. The molecular formula is C20H27ClN6O2Si.